The number of ether oxygens (including phenoxy) is 1. The molecule has 2 rings (SSSR count). The Labute approximate surface area is 131 Å². The molecule has 0 aliphatic carbocycles. The molecule has 2 nitrogen and oxygen atoms in total. The summed E-state index contributed by atoms with van der Waals surface area (Å²) in [5.74, 6) is -0.508. The fourth-order valence-electron chi connectivity index (χ4n) is 1.89. The van der Waals surface area contributed by atoms with Crippen molar-refractivity contribution in [2.75, 3.05) is 11.9 Å². The summed E-state index contributed by atoms with van der Waals surface area (Å²) in [6.45, 7) is 2.89. The highest BCUT2D eigenvalue weighted by Gasteiger charge is 2.10. The first kappa shape index (κ1) is 15.8. The lowest BCUT2D eigenvalue weighted by Gasteiger charge is -2.13. The van der Waals surface area contributed by atoms with E-state index >= 15 is 0 Å². The molecule has 0 spiro atoms. The molecule has 21 heavy (non-hydrogen) atoms. The first-order valence-corrected chi connectivity index (χ1v) is 7.50. The summed E-state index contributed by atoms with van der Waals surface area (Å²) < 4.78 is 33.7. The monoisotopic (exact) mass is 355 g/mol. The number of rotatable bonds is 6. The molecular formula is C16H16BrF2NO. The normalized spacial score (nSPS) is 10.5. The van der Waals surface area contributed by atoms with E-state index in [0.717, 1.165) is 16.5 Å². The molecule has 0 aromatic heterocycles. The molecule has 0 fully saturated rings. The highest BCUT2D eigenvalue weighted by atomic mass is 79.9. The second kappa shape index (κ2) is 7.41. The SMILES string of the molecule is CCCOc1ccc(Br)cc1CNc1c(F)cccc1F. The van der Waals surface area contributed by atoms with Gasteiger partial charge in [0.2, 0.25) is 0 Å². The van der Waals surface area contributed by atoms with Gasteiger partial charge in [-0.15, -0.1) is 0 Å². The van der Waals surface area contributed by atoms with E-state index in [1.54, 1.807) is 0 Å². The third kappa shape index (κ3) is 4.17. The number of nitrogens with one attached hydrogen (secondary N) is 1. The first-order valence-electron chi connectivity index (χ1n) is 6.71. The highest BCUT2D eigenvalue weighted by Crippen LogP contribution is 2.26. The molecule has 0 aliphatic heterocycles. The Morgan fingerprint density at radius 2 is 1.86 bits per heavy atom. The molecule has 0 unspecified atom stereocenters. The Morgan fingerprint density at radius 3 is 2.52 bits per heavy atom. The smallest absolute Gasteiger partial charge is 0.149 e. The van der Waals surface area contributed by atoms with Crippen molar-refractivity contribution in [1.29, 1.82) is 0 Å². The van der Waals surface area contributed by atoms with Crippen LogP contribution in [0.5, 0.6) is 5.75 Å². The Morgan fingerprint density at radius 1 is 1.14 bits per heavy atom. The fourth-order valence-corrected chi connectivity index (χ4v) is 2.30. The lowest BCUT2D eigenvalue weighted by Crippen LogP contribution is -2.06. The number of anilines is 1. The predicted octanol–water partition coefficient (Wildman–Crippen LogP) is 5.13. The second-order valence-corrected chi connectivity index (χ2v) is 5.47. The van der Waals surface area contributed by atoms with E-state index in [-0.39, 0.29) is 12.2 Å². The van der Waals surface area contributed by atoms with Crippen molar-refractivity contribution in [2.24, 2.45) is 0 Å². The summed E-state index contributed by atoms with van der Waals surface area (Å²) in [7, 11) is 0. The zero-order chi connectivity index (χ0) is 15.2. The van der Waals surface area contributed by atoms with E-state index in [9.17, 15) is 8.78 Å². The molecule has 5 heteroatoms. The molecule has 0 bridgehead atoms. The van der Waals surface area contributed by atoms with Gasteiger partial charge in [-0.1, -0.05) is 28.9 Å². The topological polar surface area (TPSA) is 21.3 Å². The van der Waals surface area contributed by atoms with Gasteiger partial charge in [-0.05, 0) is 36.8 Å². The third-order valence-electron chi connectivity index (χ3n) is 2.90. The minimum atomic E-state index is -0.610. The van der Waals surface area contributed by atoms with Gasteiger partial charge in [0, 0.05) is 16.6 Å². The van der Waals surface area contributed by atoms with Gasteiger partial charge in [-0.25, -0.2) is 8.78 Å². The van der Waals surface area contributed by atoms with Gasteiger partial charge in [-0.2, -0.15) is 0 Å². The van der Waals surface area contributed by atoms with Crippen LogP contribution in [0.3, 0.4) is 0 Å². The standard InChI is InChI=1S/C16H16BrF2NO/c1-2-8-21-15-7-6-12(17)9-11(15)10-20-16-13(18)4-3-5-14(16)19/h3-7,9,20H,2,8,10H2,1H3. The molecule has 2 aromatic carbocycles. The molecule has 112 valence electrons. The quantitative estimate of drug-likeness (QED) is 0.775. The molecule has 1 N–H and O–H groups in total. The molecule has 0 aliphatic rings. The number of hydrogen-bond donors (Lipinski definition) is 1. The molecule has 0 saturated heterocycles. The molecule has 0 radical (unpaired) electrons. The zero-order valence-corrected chi connectivity index (χ0v) is 13.2. The maximum atomic E-state index is 13.6. The maximum absolute atomic E-state index is 13.6. The average Bonchev–Trinajstić information content (AvgIpc) is 2.46. The van der Waals surface area contributed by atoms with Crippen LogP contribution in [0.2, 0.25) is 0 Å². The second-order valence-electron chi connectivity index (χ2n) is 4.55. The Bertz CT molecular complexity index is 599. The molecule has 2 aromatic rings. The lowest BCUT2D eigenvalue weighted by atomic mass is 10.2. The van der Waals surface area contributed by atoms with Gasteiger partial charge in [0.05, 0.1) is 6.61 Å². The molecule has 0 amide bonds. The van der Waals surface area contributed by atoms with Crippen LogP contribution in [0.1, 0.15) is 18.9 Å². The summed E-state index contributed by atoms with van der Waals surface area (Å²) in [5, 5.41) is 2.79. The summed E-state index contributed by atoms with van der Waals surface area (Å²) >= 11 is 3.39. The average molecular weight is 356 g/mol. The van der Waals surface area contributed by atoms with Crippen LogP contribution < -0.4 is 10.1 Å². The van der Waals surface area contributed by atoms with E-state index in [0.29, 0.717) is 12.4 Å². The number of halogens is 3. The molecular weight excluding hydrogens is 340 g/mol. The minimum absolute atomic E-state index is 0.126. The van der Waals surface area contributed by atoms with Gasteiger partial charge in [0.1, 0.15) is 23.1 Å². The summed E-state index contributed by atoms with van der Waals surface area (Å²) in [5.41, 5.74) is 0.708. The number of benzene rings is 2. The maximum Gasteiger partial charge on any atom is 0.149 e. The van der Waals surface area contributed by atoms with Crippen molar-refractivity contribution in [3.05, 3.63) is 58.1 Å². The molecule has 0 saturated carbocycles. The Hall–Kier alpha value is -1.62. The lowest BCUT2D eigenvalue weighted by molar-refractivity contribution is 0.314. The van der Waals surface area contributed by atoms with Crippen molar-refractivity contribution in [2.45, 2.75) is 19.9 Å². The van der Waals surface area contributed by atoms with Crippen LogP contribution >= 0.6 is 15.9 Å². The van der Waals surface area contributed by atoms with Crippen molar-refractivity contribution < 1.29 is 13.5 Å². The zero-order valence-electron chi connectivity index (χ0n) is 11.6. The Balaban J connectivity index is 2.17. The van der Waals surface area contributed by atoms with E-state index in [1.165, 1.54) is 18.2 Å². The van der Waals surface area contributed by atoms with Gasteiger partial charge in [0.25, 0.3) is 0 Å². The van der Waals surface area contributed by atoms with Crippen molar-refractivity contribution >= 4 is 21.6 Å². The van der Waals surface area contributed by atoms with E-state index in [1.807, 2.05) is 25.1 Å². The van der Waals surface area contributed by atoms with Gasteiger partial charge < -0.3 is 10.1 Å². The van der Waals surface area contributed by atoms with E-state index < -0.39 is 11.6 Å². The van der Waals surface area contributed by atoms with E-state index in [2.05, 4.69) is 21.2 Å². The van der Waals surface area contributed by atoms with Crippen LogP contribution in [0.25, 0.3) is 0 Å². The summed E-state index contributed by atoms with van der Waals surface area (Å²) in [6.07, 6.45) is 0.894. The van der Waals surface area contributed by atoms with Crippen molar-refractivity contribution in [3.8, 4) is 5.75 Å². The fraction of sp³-hybridized carbons (Fsp3) is 0.250. The van der Waals surface area contributed by atoms with E-state index in [4.69, 9.17) is 4.74 Å². The Kier molecular flexibility index (Phi) is 5.56. The van der Waals surface area contributed by atoms with Gasteiger partial charge >= 0.3 is 0 Å². The number of para-hydroxylation sites is 1. The summed E-state index contributed by atoms with van der Waals surface area (Å²) in [4.78, 5) is 0. The van der Waals surface area contributed by atoms with Crippen molar-refractivity contribution in [1.82, 2.24) is 0 Å². The molecule has 0 heterocycles. The van der Waals surface area contributed by atoms with Crippen LogP contribution in [0.15, 0.2) is 40.9 Å². The van der Waals surface area contributed by atoms with Crippen LogP contribution in [0, 0.1) is 11.6 Å². The van der Waals surface area contributed by atoms with Crippen LogP contribution in [-0.4, -0.2) is 6.61 Å². The summed E-state index contributed by atoms with van der Waals surface area (Å²) in [6, 6.07) is 9.37. The van der Waals surface area contributed by atoms with Crippen LogP contribution in [-0.2, 0) is 6.54 Å². The number of hydrogen-bond acceptors (Lipinski definition) is 2. The first-order chi connectivity index (χ1) is 10.1. The highest BCUT2D eigenvalue weighted by molar-refractivity contribution is 9.10. The van der Waals surface area contributed by atoms with Gasteiger partial charge in [-0.3, -0.25) is 0 Å². The van der Waals surface area contributed by atoms with Crippen LogP contribution in [0.4, 0.5) is 14.5 Å². The predicted molar refractivity (Wildman–Crippen MR) is 83.6 cm³/mol. The minimum Gasteiger partial charge on any atom is -0.493 e. The van der Waals surface area contributed by atoms with Gasteiger partial charge in [0.15, 0.2) is 0 Å². The largest absolute Gasteiger partial charge is 0.493 e. The third-order valence-corrected chi connectivity index (χ3v) is 3.40. The van der Waals surface area contributed by atoms with Crippen molar-refractivity contribution in [3.63, 3.8) is 0 Å². The molecule has 0 atom stereocenters.